The Morgan fingerprint density at radius 1 is 1.04 bits per heavy atom. The molecule has 2 saturated heterocycles. The van der Waals surface area contributed by atoms with E-state index in [2.05, 4.69) is 25.5 Å². The highest BCUT2D eigenvalue weighted by molar-refractivity contribution is 7.99. The Morgan fingerprint density at radius 3 is 2.67 bits per heavy atom. The minimum atomic E-state index is 0.142. The second-order valence-electron chi connectivity index (χ2n) is 7.41. The SMILES string of the molecule is Oc1cc2cnccc2cc1-c1ncc(SC2C[C@H]3CCC[C@@H](C2)N3)nn1. The molecule has 0 amide bonds. The molecule has 0 spiro atoms. The number of benzene rings is 1. The van der Waals surface area contributed by atoms with Crippen molar-refractivity contribution in [2.24, 2.45) is 0 Å². The highest BCUT2D eigenvalue weighted by atomic mass is 32.2. The Bertz CT molecular complexity index is 952. The number of fused-ring (bicyclic) bond motifs is 3. The van der Waals surface area contributed by atoms with Gasteiger partial charge >= 0.3 is 0 Å². The maximum atomic E-state index is 10.3. The second-order valence-corrected chi connectivity index (χ2v) is 8.74. The summed E-state index contributed by atoms with van der Waals surface area (Å²) < 4.78 is 0. The van der Waals surface area contributed by atoms with Crippen molar-refractivity contribution in [3.63, 3.8) is 0 Å². The van der Waals surface area contributed by atoms with E-state index in [0.717, 1.165) is 15.8 Å². The van der Waals surface area contributed by atoms with Gasteiger partial charge in [0.25, 0.3) is 0 Å². The van der Waals surface area contributed by atoms with Gasteiger partial charge in [-0.1, -0.05) is 18.2 Å². The monoisotopic (exact) mass is 379 g/mol. The summed E-state index contributed by atoms with van der Waals surface area (Å²) in [7, 11) is 0. The minimum absolute atomic E-state index is 0.142. The quantitative estimate of drug-likeness (QED) is 0.720. The van der Waals surface area contributed by atoms with E-state index in [9.17, 15) is 5.11 Å². The van der Waals surface area contributed by atoms with Gasteiger partial charge in [-0.15, -0.1) is 10.2 Å². The minimum Gasteiger partial charge on any atom is -0.507 e. The van der Waals surface area contributed by atoms with Gasteiger partial charge in [0.2, 0.25) is 0 Å². The third-order valence-electron chi connectivity index (χ3n) is 5.50. The molecule has 0 saturated carbocycles. The second kappa shape index (κ2) is 7.05. The summed E-state index contributed by atoms with van der Waals surface area (Å²) in [6.07, 6.45) is 11.5. The predicted molar refractivity (Wildman–Crippen MR) is 106 cm³/mol. The van der Waals surface area contributed by atoms with Gasteiger partial charge in [0.05, 0.1) is 11.8 Å². The molecule has 7 heteroatoms. The maximum Gasteiger partial charge on any atom is 0.185 e. The first-order valence-corrected chi connectivity index (χ1v) is 10.3. The lowest BCUT2D eigenvalue weighted by Crippen LogP contribution is -2.49. The smallest absolute Gasteiger partial charge is 0.185 e. The van der Waals surface area contributed by atoms with Crippen LogP contribution in [0, 0.1) is 0 Å². The molecule has 2 N–H and O–H groups in total. The Kier molecular flexibility index (Phi) is 4.41. The molecule has 0 aliphatic carbocycles. The predicted octanol–water partition coefficient (Wildman–Crippen LogP) is 3.56. The number of hydrogen-bond donors (Lipinski definition) is 2. The van der Waals surface area contributed by atoms with Crippen LogP contribution >= 0.6 is 11.8 Å². The van der Waals surface area contributed by atoms with Crippen LogP contribution in [0.25, 0.3) is 22.2 Å². The van der Waals surface area contributed by atoms with E-state index in [0.29, 0.717) is 28.7 Å². The zero-order valence-corrected chi connectivity index (χ0v) is 15.7. The standard InChI is InChI=1S/C20H21N5OS/c26-18-7-13-10-21-5-4-12(13)6-17(18)20-22-11-19(24-25-20)27-16-8-14-2-1-3-15(9-16)23-14/h4-7,10-11,14-16,23,26H,1-3,8-9H2/t14-,15+,16?. The Morgan fingerprint density at radius 2 is 1.89 bits per heavy atom. The fraction of sp³-hybridized carbons (Fsp3) is 0.400. The summed E-state index contributed by atoms with van der Waals surface area (Å²) in [4.78, 5) is 8.55. The number of pyridine rings is 1. The number of phenols is 1. The van der Waals surface area contributed by atoms with Crippen LogP contribution in [0.1, 0.15) is 32.1 Å². The molecule has 27 heavy (non-hydrogen) atoms. The van der Waals surface area contributed by atoms with Gasteiger partial charge in [-0.25, -0.2) is 4.98 Å². The van der Waals surface area contributed by atoms with E-state index < -0.39 is 0 Å². The molecule has 2 fully saturated rings. The van der Waals surface area contributed by atoms with E-state index in [4.69, 9.17) is 0 Å². The maximum absolute atomic E-state index is 10.3. The number of aromatic hydroxyl groups is 1. The summed E-state index contributed by atoms with van der Waals surface area (Å²) in [6.45, 7) is 0. The molecule has 138 valence electrons. The number of piperidine rings is 2. The number of thioether (sulfide) groups is 1. The van der Waals surface area contributed by atoms with Gasteiger partial charge in [-0.05, 0) is 49.3 Å². The average molecular weight is 379 g/mol. The highest BCUT2D eigenvalue weighted by Gasteiger charge is 2.31. The van der Waals surface area contributed by atoms with Crippen molar-refractivity contribution in [3.8, 4) is 17.1 Å². The lowest BCUT2D eigenvalue weighted by molar-refractivity contribution is 0.249. The molecule has 5 rings (SSSR count). The molecule has 2 aliphatic rings. The van der Waals surface area contributed by atoms with Crippen LogP contribution in [0.3, 0.4) is 0 Å². The number of rotatable bonds is 3. The van der Waals surface area contributed by atoms with Crippen LogP contribution < -0.4 is 5.32 Å². The van der Waals surface area contributed by atoms with Crippen molar-refractivity contribution >= 4 is 22.5 Å². The largest absolute Gasteiger partial charge is 0.507 e. The van der Waals surface area contributed by atoms with Gasteiger partial charge in [0, 0.05) is 35.1 Å². The zero-order valence-electron chi connectivity index (χ0n) is 14.9. The van der Waals surface area contributed by atoms with Crippen molar-refractivity contribution in [2.45, 2.75) is 54.5 Å². The first-order valence-electron chi connectivity index (χ1n) is 9.44. The van der Waals surface area contributed by atoms with Crippen molar-refractivity contribution in [1.82, 2.24) is 25.5 Å². The Hall–Kier alpha value is -2.25. The Balaban J connectivity index is 1.35. The van der Waals surface area contributed by atoms with Crippen molar-refractivity contribution in [1.29, 1.82) is 0 Å². The number of nitrogens with zero attached hydrogens (tertiary/aromatic N) is 4. The normalized spacial score (nSPS) is 24.8. The zero-order chi connectivity index (χ0) is 18.2. The van der Waals surface area contributed by atoms with Gasteiger partial charge in [0.15, 0.2) is 5.82 Å². The first-order chi connectivity index (χ1) is 13.2. The lowest BCUT2D eigenvalue weighted by Gasteiger charge is -2.39. The number of hydrogen-bond acceptors (Lipinski definition) is 7. The highest BCUT2D eigenvalue weighted by Crippen LogP contribution is 2.36. The average Bonchev–Trinajstić information content (AvgIpc) is 2.68. The third-order valence-corrected chi connectivity index (χ3v) is 6.64. The summed E-state index contributed by atoms with van der Waals surface area (Å²) in [5.74, 6) is 0.585. The van der Waals surface area contributed by atoms with E-state index >= 15 is 0 Å². The van der Waals surface area contributed by atoms with E-state index in [1.807, 2.05) is 12.1 Å². The number of aromatic nitrogens is 4. The molecule has 4 heterocycles. The first kappa shape index (κ1) is 16.9. The Labute approximate surface area is 161 Å². The van der Waals surface area contributed by atoms with Gasteiger partial charge in [0.1, 0.15) is 10.8 Å². The number of nitrogens with one attached hydrogen (secondary N) is 1. The van der Waals surface area contributed by atoms with Crippen LogP contribution in [0.5, 0.6) is 5.75 Å². The molecule has 6 nitrogen and oxygen atoms in total. The fourth-order valence-corrected chi connectivity index (χ4v) is 5.43. The third kappa shape index (κ3) is 3.49. The molecule has 3 aromatic rings. The van der Waals surface area contributed by atoms with Crippen LogP contribution in [0.2, 0.25) is 0 Å². The molecule has 3 atom stereocenters. The van der Waals surface area contributed by atoms with Crippen LogP contribution in [-0.2, 0) is 0 Å². The fourth-order valence-electron chi connectivity index (χ4n) is 4.23. The molecular weight excluding hydrogens is 358 g/mol. The van der Waals surface area contributed by atoms with Crippen molar-refractivity contribution in [3.05, 3.63) is 36.8 Å². The van der Waals surface area contributed by atoms with Crippen LogP contribution in [0.15, 0.2) is 41.8 Å². The van der Waals surface area contributed by atoms with Gasteiger partial charge < -0.3 is 10.4 Å². The van der Waals surface area contributed by atoms with E-state index in [1.165, 1.54) is 32.1 Å². The number of phenolic OH excluding ortho intramolecular Hbond substituents is 1. The van der Waals surface area contributed by atoms with E-state index in [-0.39, 0.29) is 5.75 Å². The molecule has 2 aromatic heterocycles. The molecule has 2 aliphatic heterocycles. The van der Waals surface area contributed by atoms with Crippen molar-refractivity contribution in [2.75, 3.05) is 0 Å². The molecule has 0 radical (unpaired) electrons. The summed E-state index contributed by atoms with van der Waals surface area (Å²) in [6, 6.07) is 6.78. The molecule has 1 aromatic carbocycles. The van der Waals surface area contributed by atoms with Crippen LogP contribution in [-0.4, -0.2) is 42.6 Å². The summed E-state index contributed by atoms with van der Waals surface area (Å²) in [5.41, 5.74) is 0.592. The van der Waals surface area contributed by atoms with Gasteiger partial charge in [-0.2, -0.15) is 0 Å². The molecule has 2 bridgehead atoms. The summed E-state index contributed by atoms with van der Waals surface area (Å²) in [5, 5.41) is 26.0. The molecule has 1 unspecified atom stereocenters. The topological polar surface area (TPSA) is 83.8 Å². The van der Waals surface area contributed by atoms with Crippen molar-refractivity contribution < 1.29 is 5.11 Å². The van der Waals surface area contributed by atoms with Crippen LogP contribution in [0.4, 0.5) is 0 Å². The molecular formula is C20H21N5OS. The van der Waals surface area contributed by atoms with E-state index in [1.54, 1.807) is 36.4 Å². The van der Waals surface area contributed by atoms with Gasteiger partial charge in [-0.3, -0.25) is 4.98 Å². The summed E-state index contributed by atoms with van der Waals surface area (Å²) >= 11 is 1.79. The lowest BCUT2D eigenvalue weighted by atomic mass is 9.87.